The standard InChI is InChI=1S/C11H15NO3S/c1-3-4-7-11(15-16(2,13)14)10-6-5-8-12-9-10/h3,5-6,8-9,11H,1,4,7H2,2H3. The summed E-state index contributed by atoms with van der Waals surface area (Å²) < 4.78 is 27.2. The van der Waals surface area contributed by atoms with Gasteiger partial charge < -0.3 is 0 Å². The summed E-state index contributed by atoms with van der Waals surface area (Å²) in [7, 11) is -3.46. The molecule has 5 heteroatoms. The van der Waals surface area contributed by atoms with E-state index in [4.69, 9.17) is 4.18 Å². The Morgan fingerprint density at radius 3 is 2.88 bits per heavy atom. The average Bonchev–Trinajstić information content (AvgIpc) is 2.24. The highest BCUT2D eigenvalue weighted by Crippen LogP contribution is 2.23. The first-order valence-corrected chi connectivity index (χ1v) is 6.73. The van der Waals surface area contributed by atoms with Crippen LogP contribution in [0.3, 0.4) is 0 Å². The van der Waals surface area contributed by atoms with E-state index in [1.165, 1.54) is 0 Å². The van der Waals surface area contributed by atoms with E-state index in [0.29, 0.717) is 12.8 Å². The van der Waals surface area contributed by atoms with Crippen molar-refractivity contribution in [1.82, 2.24) is 4.98 Å². The Bertz CT molecular complexity index is 428. The third kappa shape index (κ3) is 4.55. The molecule has 0 aliphatic carbocycles. The van der Waals surface area contributed by atoms with Gasteiger partial charge >= 0.3 is 0 Å². The first-order valence-electron chi connectivity index (χ1n) is 4.92. The molecule has 0 saturated carbocycles. The molecule has 0 bridgehead atoms. The molecule has 0 spiro atoms. The predicted octanol–water partition coefficient (Wildman–Crippen LogP) is 2.07. The predicted molar refractivity (Wildman–Crippen MR) is 62.3 cm³/mol. The van der Waals surface area contributed by atoms with Crippen LogP contribution in [-0.4, -0.2) is 19.7 Å². The van der Waals surface area contributed by atoms with Crippen LogP contribution in [0.25, 0.3) is 0 Å². The van der Waals surface area contributed by atoms with Gasteiger partial charge in [0.1, 0.15) is 6.10 Å². The van der Waals surface area contributed by atoms with Crippen LogP contribution in [0.2, 0.25) is 0 Å². The van der Waals surface area contributed by atoms with Crippen molar-refractivity contribution in [2.24, 2.45) is 0 Å². The van der Waals surface area contributed by atoms with Gasteiger partial charge in [-0.05, 0) is 18.9 Å². The SMILES string of the molecule is C=CCCC(OS(C)(=O)=O)c1cccnc1. The van der Waals surface area contributed by atoms with E-state index in [0.717, 1.165) is 11.8 Å². The molecule has 1 rings (SSSR count). The van der Waals surface area contributed by atoms with Crippen molar-refractivity contribution >= 4 is 10.1 Å². The molecule has 88 valence electrons. The van der Waals surface area contributed by atoms with E-state index in [1.807, 2.05) is 0 Å². The lowest BCUT2D eigenvalue weighted by molar-refractivity contribution is 0.206. The van der Waals surface area contributed by atoms with Gasteiger partial charge in [-0.3, -0.25) is 9.17 Å². The van der Waals surface area contributed by atoms with Gasteiger partial charge in [-0.1, -0.05) is 12.1 Å². The van der Waals surface area contributed by atoms with E-state index in [1.54, 1.807) is 30.6 Å². The van der Waals surface area contributed by atoms with Gasteiger partial charge in [-0.15, -0.1) is 6.58 Å². The summed E-state index contributed by atoms with van der Waals surface area (Å²) in [5.74, 6) is 0. The maximum absolute atomic E-state index is 11.1. The third-order valence-electron chi connectivity index (χ3n) is 1.98. The summed E-state index contributed by atoms with van der Waals surface area (Å²) >= 11 is 0. The second-order valence-corrected chi connectivity index (χ2v) is 5.04. The maximum Gasteiger partial charge on any atom is 0.264 e. The van der Waals surface area contributed by atoms with Crippen molar-refractivity contribution in [3.8, 4) is 0 Å². The Morgan fingerprint density at radius 1 is 1.62 bits per heavy atom. The fourth-order valence-corrected chi connectivity index (χ4v) is 1.95. The second-order valence-electron chi connectivity index (χ2n) is 3.44. The molecule has 4 nitrogen and oxygen atoms in total. The number of aromatic nitrogens is 1. The smallest absolute Gasteiger partial charge is 0.264 e. The fraction of sp³-hybridized carbons (Fsp3) is 0.364. The van der Waals surface area contributed by atoms with Gasteiger partial charge in [0.05, 0.1) is 6.26 Å². The van der Waals surface area contributed by atoms with Crippen LogP contribution in [0.5, 0.6) is 0 Å². The molecule has 16 heavy (non-hydrogen) atoms. The fourth-order valence-electron chi connectivity index (χ4n) is 1.32. The van der Waals surface area contributed by atoms with Crippen LogP contribution in [0, 0.1) is 0 Å². The van der Waals surface area contributed by atoms with Crippen molar-refractivity contribution < 1.29 is 12.6 Å². The molecular weight excluding hydrogens is 226 g/mol. The number of hydrogen-bond donors (Lipinski definition) is 0. The highest BCUT2D eigenvalue weighted by Gasteiger charge is 2.16. The molecule has 1 aromatic heterocycles. The molecule has 0 radical (unpaired) electrons. The summed E-state index contributed by atoms with van der Waals surface area (Å²) in [6.07, 6.45) is 6.80. The topological polar surface area (TPSA) is 56.3 Å². The number of allylic oxidation sites excluding steroid dienone is 1. The summed E-state index contributed by atoms with van der Waals surface area (Å²) in [6, 6.07) is 3.55. The zero-order chi connectivity index (χ0) is 12.0. The third-order valence-corrected chi connectivity index (χ3v) is 2.56. The van der Waals surface area contributed by atoms with E-state index in [9.17, 15) is 8.42 Å². The molecular formula is C11H15NO3S. The summed E-state index contributed by atoms with van der Waals surface area (Å²) in [4.78, 5) is 3.94. The number of nitrogens with zero attached hydrogens (tertiary/aromatic N) is 1. The van der Waals surface area contributed by atoms with Crippen LogP contribution in [0.15, 0.2) is 37.2 Å². The van der Waals surface area contributed by atoms with Gasteiger partial charge in [0, 0.05) is 18.0 Å². The first kappa shape index (κ1) is 12.9. The minimum Gasteiger partial charge on any atom is -0.264 e. The molecule has 0 fully saturated rings. The Labute approximate surface area is 96.1 Å². The molecule has 0 aromatic carbocycles. The lowest BCUT2D eigenvalue weighted by Crippen LogP contribution is -2.10. The molecule has 0 amide bonds. The Hall–Kier alpha value is -1.20. The van der Waals surface area contributed by atoms with Crippen LogP contribution >= 0.6 is 0 Å². The van der Waals surface area contributed by atoms with Gasteiger partial charge in [0.25, 0.3) is 10.1 Å². The van der Waals surface area contributed by atoms with Crippen molar-refractivity contribution in [2.45, 2.75) is 18.9 Å². The van der Waals surface area contributed by atoms with Gasteiger partial charge in [0.2, 0.25) is 0 Å². The highest BCUT2D eigenvalue weighted by atomic mass is 32.2. The van der Waals surface area contributed by atoms with Crippen LogP contribution in [0.1, 0.15) is 24.5 Å². The quantitative estimate of drug-likeness (QED) is 0.565. The van der Waals surface area contributed by atoms with E-state index < -0.39 is 16.2 Å². The Kier molecular flexibility index (Phi) is 4.64. The molecule has 1 atom stereocenters. The molecule has 1 unspecified atom stereocenters. The summed E-state index contributed by atoms with van der Waals surface area (Å²) in [5.41, 5.74) is 0.759. The maximum atomic E-state index is 11.1. The van der Waals surface area contributed by atoms with E-state index in [-0.39, 0.29) is 0 Å². The molecule has 0 aliphatic rings. The van der Waals surface area contributed by atoms with Gasteiger partial charge in [0.15, 0.2) is 0 Å². The van der Waals surface area contributed by atoms with Crippen molar-refractivity contribution in [3.05, 3.63) is 42.7 Å². The lowest BCUT2D eigenvalue weighted by Gasteiger charge is -2.15. The Morgan fingerprint density at radius 2 is 2.38 bits per heavy atom. The average molecular weight is 241 g/mol. The number of hydrogen-bond acceptors (Lipinski definition) is 4. The molecule has 0 aliphatic heterocycles. The van der Waals surface area contributed by atoms with Crippen molar-refractivity contribution in [2.75, 3.05) is 6.26 Å². The van der Waals surface area contributed by atoms with Crippen molar-refractivity contribution in [3.63, 3.8) is 0 Å². The number of rotatable bonds is 6. The number of pyridine rings is 1. The normalized spacial score (nSPS) is 13.3. The van der Waals surface area contributed by atoms with Crippen LogP contribution in [-0.2, 0) is 14.3 Å². The van der Waals surface area contributed by atoms with E-state index >= 15 is 0 Å². The lowest BCUT2D eigenvalue weighted by atomic mass is 10.1. The largest absolute Gasteiger partial charge is 0.264 e. The van der Waals surface area contributed by atoms with Crippen LogP contribution in [0.4, 0.5) is 0 Å². The molecule has 0 saturated heterocycles. The minimum absolute atomic E-state index is 0.485. The van der Waals surface area contributed by atoms with Gasteiger partial charge in [-0.2, -0.15) is 8.42 Å². The minimum atomic E-state index is -3.46. The molecule has 1 aromatic rings. The van der Waals surface area contributed by atoms with Gasteiger partial charge in [-0.25, -0.2) is 0 Å². The monoisotopic (exact) mass is 241 g/mol. The molecule has 0 N–H and O–H groups in total. The van der Waals surface area contributed by atoms with Crippen molar-refractivity contribution in [1.29, 1.82) is 0 Å². The summed E-state index contributed by atoms with van der Waals surface area (Å²) in [6.45, 7) is 3.60. The molecule has 1 heterocycles. The first-order chi connectivity index (χ1) is 7.53. The van der Waals surface area contributed by atoms with Crippen LogP contribution < -0.4 is 0 Å². The zero-order valence-electron chi connectivity index (χ0n) is 9.17. The van der Waals surface area contributed by atoms with E-state index in [2.05, 4.69) is 11.6 Å². The Balaban J connectivity index is 2.83. The highest BCUT2D eigenvalue weighted by molar-refractivity contribution is 7.86. The zero-order valence-corrected chi connectivity index (χ0v) is 9.98. The summed E-state index contributed by atoms with van der Waals surface area (Å²) in [5, 5.41) is 0. The second kappa shape index (κ2) is 5.77.